The molecule has 0 atom stereocenters. The Morgan fingerprint density at radius 2 is 1.83 bits per heavy atom. The first-order valence-corrected chi connectivity index (χ1v) is 14.2. The van der Waals surface area contributed by atoms with Crippen molar-refractivity contribution >= 4 is 67.3 Å². The van der Waals surface area contributed by atoms with Crippen LogP contribution in [0.5, 0.6) is 0 Å². The summed E-state index contributed by atoms with van der Waals surface area (Å²) in [5.41, 5.74) is -0.00608. The van der Waals surface area contributed by atoms with Crippen LogP contribution in [0.25, 0.3) is 10.9 Å². The molecule has 3 fully saturated rings. The monoisotopic (exact) mass is 674 g/mol. The van der Waals surface area contributed by atoms with E-state index < -0.39 is 5.60 Å². The van der Waals surface area contributed by atoms with Crippen LogP contribution in [0.15, 0.2) is 10.5 Å². The van der Waals surface area contributed by atoms with Crippen molar-refractivity contribution in [2.24, 2.45) is 5.41 Å². The van der Waals surface area contributed by atoms with Crippen LogP contribution >= 0.6 is 38.5 Å². The first kappa shape index (κ1) is 26.1. The van der Waals surface area contributed by atoms with Crippen molar-refractivity contribution < 1.29 is 13.9 Å². The topological polar surface area (TPSA) is 65.0 Å². The average molecular weight is 675 g/mol. The van der Waals surface area contributed by atoms with Crippen molar-refractivity contribution in [3.8, 4) is 0 Å². The van der Waals surface area contributed by atoms with Crippen molar-refractivity contribution in [2.45, 2.75) is 45.3 Å². The zero-order valence-corrected chi connectivity index (χ0v) is 25.2. The third kappa shape index (κ3) is 4.87. The highest BCUT2D eigenvalue weighted by Crippen LogP contribution is 2.43. The van der Waals surface area contributed by atoms with Gasteiger partial charge in [-0.15, -0.1) is 0 Å². The zero-order valence-electron chi connectivity index (χ0n) is 21.4. The van der Waals surface area contributed by atoms with E-state index in [-0.39, 0.29) is 17.3 Å². The van der Waals surface area contributed by atoms with Gasteiger partial charge in [0.1, 0.15) is 16.9 Å². The number of ether oxygens (including phenoxy) is 1. The molecular formula is C25H33BrFIN6O2. The Bertz CT molecular complexity index is 1180. The van der Waals surface area contributed by atoms with Gasteiger partial charge in [0.15, 0.2) is 5.82 Å². The summed E-state index contributed by atoms with van der Waals surface area (Å²) < 4.78 is 22.1. The molecule has 8 nitrogen and oxygen atoms in total. The van der Waals surface area contributed by atoms with Gasteiger partial charge in [-0.2, -0.15) is 4.98 Å². The summed E-state index contributed by atoms with van der Waals surface area (Å²) >= 11 is 5.54. The molecule has 0 saturated carbocycles. The van der Waals surface area contributed by atoms with Gasteiger partial charge < -0.3 is 24.3 Å². The van der Waals surface area contributed by atoms with Gasteiger partial charge in [0.25, 0.3) is 0 Å². The molecule has 11 heteroatoms. The van der Waals surface area contributed by atoms with Crippen LogP contribution in [0, 0.1) is 14.8 Å². The lowest BCUT2D eigenvalue weighted by molar-refractivity contribution is -0.0434. The van der Waals surface area contributed by atoms with Crippen LogP contribution in [0.3, 0.4) is 0 Å². The Balaban J connectivity index is 1.36. The standard InChI is InChI=1S/C25H33BrFIN6O2/c1-24(2,3)36-23(35)34-13-25(14-34)6-8-32(9-7-25)21-16-10-17(28)18(26)19(27)20(16)29-22(30-21)33-11-15(12-33)31(4)5/h10,15H,6-9,11-14H2,1-5H3. The summed E-state index contributed by atoms with van der Waals surface area (Å²) in [6.07, 6.45) is 1.67. The van der Waals surface area contributed by atoms with Crippen LogP contribution in [-0.2, 0) is 4.74 Å². The fourth-order valence-electron chi connectivity index (χ4n) is 5.20. The summed E-state index contributed by atoms with van der Waals surface area (Å²) in [7, 11) is 4.14. The molecule has 36 heavy (non-hydrogen) atoms. The molecule has 1 aromatic heterocycles. The van der Waals surface area contributed by atoms with Crippen LogP contribution in [0.1, 0.15) is 33.6 Å². The number of carbonyl (C=O) groups is 1. The van der Waals surface area contributed by atoms with E-state index in [1.54, 1.807) is 4.90 Å². The molecule has 5 rings (SSSR count). The number of halogens is 3. The van der Waals surface area contributed by atoms with Crippen molar-refractivity contribution in [1.82, 2.24) is 19.8 Å². The molecule has 0 bridgehead atoms. The Labute approximate surface area is 233 Å². The molecule has 1 amide bonds. The van der Waals surface area contributed by atoms with E-state index >= 15 is 4.39 Å². The first-order chi connectivity index (χ1) is 16.9. The molecule has 1 aromatic carbocycles. The summed E-state index contributed by atoms with van der Waals surface area (Å²) in [6.45, 7) is 10.4. The maximum atomic E-state index is 15.4. The van der Waals surface area contributed by atoms with Crippen molar-refractivity contribution in [1.29, 1.82) is 0 Å². The third-order valence-corrected chi connectivity index (χ3v) is 9.87. The number of rotatable bonds is 3. The summed E-state index contributed by atoms with van der Waals surface area (Å²) in [5.74, 6) is 1.04. The molecule has 0 aliphatic carbocycles. The zero-order chi connectivity index (χ0) is 26.0. The Kier molecular flexibility index (Phi) is 6.81. The van der Waals surface area contributed by atoms with Gasteiger partial charge in [0, 0.05) is 59.7 Å². The van der Waals surface area contributed by atoms with Crippen LogP contribution in [0.2, 0.25) is 0 Å². The number of hydrogen-bond donors (Lipinski definition) is 0. The predicted octanol–water partition coefficient (Wildman–Crippen LogP) is 4.72. The van der Waals surface area contributed by atoms with Gasteiger partial charge in [-0.1, -0.05) is 0 Å². The molecule has 4 heterocycles. The van der Waals surface area contributed by atoms with E-state index in [1.807, 2.05) is 26.8 Å². The second kappa shape index (κ2) is 9.37. The molecule has 2 aromatic rings. The fraction of sp³-hybridized carbons (Fsp3) is 0.640. The number of piperidine rings is 1. The van der Waals surface area contributed by atoms with Crippen LogP contribution in [0.4, 0.5) is 21.0 Å². The lowest BCUT2D eigenvalue weighted by Gasteiger charge is -2.53. The SMILES string of the molecule is CN(C)C1CN(c2nc(N3CCC4(CC3)CN(C(=O)OC(C)(C)C)C4)c3cc(I)c(Br)c(F)c3n2)C1. The molecule has 3 aliphatic heterocycles. The van der Waals surface area contributed by atoms with Gasteiger partial charge in [-0.3, -0.25) is 0 Å². The molecule has 196 valence electrons. The fourth-order valence-corrected chi connectivity index (χ4v) is 6.05. The quantitative estimate of drug-likeness (QED) is 0.345. The Hall–Kier alpha value is -1.47. The number of aromatic nitrogens is 2. The molecule has 3 aliphatic rings. The number of carbonyl (C=O) groups excluding carboxylic acids is 1. The number of likely N-dealkylation sites (tertiary alicyclic amines) is 1. The van der Waals surface area contributed by atoms with Gasteiger partial charge in [-0.25, -0.2) is 14.2 Å². The average Bonchev–Trinajstić information content (AvgIpc) is 2.73. The van der Waals surface area contributed by atoms with Crippen molar-refractivity contribution in [3.05, 3.63) is 19.9 Å². The lowest BCUT2D eigenvalue weighted by Crippen LogP contribution is -2.62. The molecule has 3 saturated heterocycles. The van der Waals surface area contributed by atoms with E-state index in [0.717, 1.165) is 66.9 Å². The van der Waals surface area contributed by atoms with Crippen LogP contribution < -0.4 is 9.80 Å². The van der Waals surface area contributed by atoms with E-state index in [1.165, 1.54) is 0 Å². The van der Waals surface area contributed by atoms with Crippen LogP contribution in [-0.4, -0.2) is 90.9 Å². The van der Waals surface area contributed by atoms with E-state index in [9.17, 15) is 4.79 Å². The number of nitrogens with zero attached hydrogens (tertiary/aromatic N) is 6. The minimum atomic E-state index is -0.486. The number of benzene rings is 1. The molecule has 1 spiro atoms. The number of fused-ring (bicyclic) bond motifs is 1. The van der Waals surface area contributed by atoms with E-state index in [2.05, 4.69) is 72.3 Å². The Morgan fingerprint density at radius 3 is 2.42 bits per heavy atom. The lowest BCUT2D eigenvalue weighted by atomic mass is 9.72. The summed E-state index contributed by atoms with van der Waals surface area (Å²) in [5, 5.41) is 0.744. The molecule has 0 unspecified atom stereocenters. The maximum Gasteiger partial charge on any atom is 0.410 e. The molecule has 0 radical (unpaired) electrons. The minimum Gasteiger partial charge on any atom is -0.444 e. The number of anilines is 2. The highest BCUT2D eigenvalue weighted by Gasteiger charge is 2.48. The number of likely N-dealkylation sites (N-methyl/N-ethyl adjacent to an activating group) is 1. The molecule has 0 N–H and O–H groups in total. The highest BCUT2D eigenvalue weighted by molar-refractivity contribution is 14.1. The highest BCUT2D eigenvalue weighted by atomic mass is 127. The van der Waals surface area contributed by atoms with Gasteiger partial charge in [0.2, 0.25) is 5.95 Å². The second-order valence-electron chi connectivity index (χ2n) is 11.6. The first-order valence-electron chi connectivity index (χ1n) is 12.4. The summed E-state index contributed by atoms with van der Waals surface area (Å²) in [4.78, 5) is 30.5. The van der Waals surface area contributed by atoms with E-state index in [0.29, 0.717) is 22.0 Å². The largest absolute Gasteiger partial charge is 0.444 e. The Morgan fingerprint density at radius 1 is 1.19 bits per heavy atom. The summed E-state index contributed by atoms with van der Waals surface area (Å²) in [6, 6.07) is 2.42. The third-order valence-electron chi connectivity index (χ3n) is 7.50. The van der Waals surface area contributed by atoms with Crippen molar-refractivity contribution in [2.75, 3.05) is 63.2 Å². The normalized spacial score (nSPS) is 20.2. The smallest absolute Gasteiger partial charge is 0.410 e. The number of amides is 1. The maximum absolute atomic E-state index is 15.4. The van der Waals surface area contributed by atoms with Crippen molar-refractivity contribution in [3.63, 3.8) is 0 Å². The van der Waals surface area contributed by atoms with Gasteiger partial charge >= 0.3 is 6.09 Å². The molecular weight excluding hydrogens is 642 g/mol. The van der Waals surface area contributed by atoms with Gasteiger partial charge in [0.05, 0.1) is 4.47 Å². The second-order valence-corrected chi connectivity index (χ2v) is 13.5. The van der Waals surface area contributed by atoms with E-state index in [4.69, 9.17) is 9.72 Å². The minimum absolute atomic E-state index is 0.123. The number of hydrogen-bond acceptors (Lipinski definition) is 7. The predicted molar refractivity (Wildman–Crippen MR) is 151 cm³/mol. The van der Waals surface area contributed by atoms with Gasteiger partial charge in [-0.05, 0) is 92.3 Å².